The number of carboxylic acids is 1. The predicted molar refractivity (Wildman–Crippen MR) is 82.4 cm³/mol. The Kier molecular flexibility index (Phi) is 3.62. The second-order valence-corrected chi connectivity index (χ2v) is 5.40. The van der Waals surface area contributed by atoms with Crippen molar-refractivity contribution < 1.29 is 14.3 Å². The number of halogens is 1. The highest BCUT2D eigenvalue weighted by molar-refractivity contribution is 9.10. The minimum absolute atomic E-state index is 0.179. The Morgan fingerprint density at radius 3 is 2.71 bits per heavy atom. The van der Waals surface area contributed by atoms with E-state index in [4.69, 9.17) is 9.52 Å². The van der Waals surface area contributed by atoms with Gasteiger partial charge in [0.05, 0.1) is 5.56 Å². The maximum absolute atomic E-state index is 10.9. The molecule has 0 atom stereocenters. The Hall–Kier alpha value is -2.34. The quantitative estimate of drug-likeness (QED) is 0.749. The van der Waals surface area contributed by atoms with Crippen molar-refractivity contribution in [1.82, 2.24) is 4.98 Å². The lowest BCUT2D eigenvalue weighted by Crippen LogP contribution is -1.98. The van der Waals surface area contributed by atoms with E-state index in [1.54, 1.807) is 6.07 Å². The summed E-state index contributed by atoms with van der Waals surface area (Å²) in [4.78, 5) is 15.2. The summed E-state index contributed by atoms with van der Waals surface area (Å²) in [6.07, 6.45) is 0. The van der Waals surface area contributed by atoms with Crippen LogP contribution in [0.3, 0.4) is 0 Å². The van der Waals surface area contributed by atoms with Gasteiger partial charge in [0.2, 0.25) is 0 Å². The van der Waals surface area contributed by atoms with Crippen molar-refractivity contribution in [2.24, 2.45) is 0 Å². The monoisotopic (exact) mass is 346 g/mol. The first-order chi connectivity index (χ1) is 10.1. The summed E-state index contributed by atoms with van der Waals surface area (Å²) in [6.45, 7) is 0.575. The number of fused-ring (bicyclic) bond motifs is 1. The number of hydrogen-bond acceptors (Lipinski definition) is 4. The highest BCUT2D eigenvalue weighted by Gasteiger charge is 2.09. The summed E-state index contributed by atoms with van der Waals surface area (Å²) < 4.78 is 6.53. The number of hydrogen-bond donors (Lipinski definition) is 2. The van der Waals surface area contributed by atoms with Gasteiger partial charge >= 0.3 is 5.97 Å². The van der Waals surface area contributed by atoms with Crippen molar-refractivity contribution in [3.05, 3.63) is 58.1 Å². The number of nitrogens with one attached hydrogen (secondary N) is 1. The van der Waals surface area contributed by atoms with Crippen molar-refractivity contribution >= 4 is 39.0 Å². The fourth-order valence-electron chi connectivity index (χ4n) is 1.91. The maximum atomic E-state index is 10.9. The summed E-state index contributed by atoms with van der Waals surface area (Å²) in [5, 5.41) is 12.0. The standard InChI is InChI=1S/C15H11BrN2O3/c16-11-4-1-9(2-5-11)8-17-15-18-12-6-3-10(14(19)20)7-13(12)21-15/h1-7H,8H2,(H,17,18)(H,19,20). The first kappa shape index (κ1) is 13.6. The number of aromatic carboxylic acids is 1. The Morgan fingerprint density at radius 1 is 1.24 bits per heavy atom. The second kappa shape index (κ2) is 5.57. The molecule has 0 aliphatic heterocycles. The maximum Gasteiger partial charge on any atom is 0.335 e. The van der Waals surface area contributed by atoms with E-state index < -0.39 is 5.97 Å². The number of carboxylic acid groups (broad SMARTS) is 1. The minimum atomic E-state index is -0.988. The van der Waals surface area contributed by atoms with E-state index in [2.05, 4.69) is 26.2 Å². The molecule has 6 heteroatoms. The molecule has 21 heavy (non-hydrogen) atoms. The van der Waals surface area contributed by atoms with Crippen molar-refractivity contribution in [3.8, 4) is 0 Å². The summed E-state index contributed by atoms with van der Waals surface area (Å²) in [7, 11) is 0. The van der Waals surface area contributed by atoms with E-state index in [1.807, 2.05) is 24.3 Å². The average molecular weight is 347 g/mol. The molecule has 2 N–H and O–H groups in total. The van der Waals surface area contributed by atoms with Crippen LogP contribution in [0.4, 0.5) is 6.01 Å². The van der Waals surface area contributed by atoms with Crippen LogP contribution in [-0.2, 0) is 6.54 Å². The molecule has 1 aromatic heterocycles. The molecule has 0 spiro atoms. The summed E-state index contributed by atoms with van der Waals surface area (Å²) in [5.74, 6) is -0.988. The summed E-state index contributed by atoms with van der Waals surface area (Å²) >= 11 is 3.38. The van der Waals surface area contributed by atoms with Gasteiger partial charge in [0.15, 0.2) is 5.58 Å². The number of oxazole rings is 1. The fraction of sp³-hybridized carbons (Fsp3) is 0.0667. The molecule has 0 amide bonds. The van der Waals surface area contributed by atoms with Crippen molar-refractivity contribution in [1.29, 1.82) is 0 Å². The van der Waals surface area contributed by atoms with E-state index >= 15 is 0 Å². The third-order valence-corrected chi connectivity index (χ3v) is 3.52. The summed E-state index contributed by atoms with van der Waals surface area (Å²) in [6, 6.07) is 12.9. The van der Waals surface area contributed by atoms with Crippen molar-refractivity contribution in [2.45, 2.75) is 6.54 Å². The molecule has 2 aromatic carbocycles. The number of rotatable bonds is 4. The topological polar surface area (TPSA) is 75.4 Å². The highest BCUT2D eigenvalue weighted by atomic mass is 79.9. The van der Waals surface area contributed by atoms with Gasteiger partial charge in [0, 0.05) is 11.0 Å². The van der Waals surface area contributed by atoms with Crippen LogP contribution in [0.1, 0.15) is 15.9 Å². The van der Waals surface area contributed by atoms with Crippen molar-refractivity contribution in [3.63, 3.8) is 0 Å². The predicted octanol–water partition coefficient (Wildman–Crippen LogP) is 3.90. The van der Waals surface area contributed by atoms with Gasteiger partial charge in [0.25, 0.3) is 6.01 Å². The lowest BCUT2D eigenvalue weighted by atomic mass is 10.2. The smallest absolute Gasteiger partial charge is 0.335 e. The highest BCUT2D eigenvalue weighted by Crippen LogP contribution is 2.21. The lowest BCUT2D eigenvalue weighted by Gasteiger charge is -2.01. The van der Waals surface area contributed by atoms with E-state index in [-0.39, 0.29) is 5.56 Å². The third-order valence-electron chi connectivity index (χ3n) is 2.99. The summed E-state index contributed by atoms with van der Waals surface area (Å²) in [5.41, 5.74) is 2.34. The molecule has 106 valence electrons. The van der Waals surface area contributed by atoms with E-state index in [0.29, 0.717) is 23.7 Å². The van der Waals surface area contributed by atoms with Crippen LogP contribution in [-0.4, -0.2) is 16.1 Å². The van der Waals surface area contributed by atoms with Gasteiger partial charge in [-0.3, -0.25) is 0 Å². The minimum Gasteiger partial charge on any atom is -0.478 e. The van der Waals surface area contributed by atoms with Crippen LogP contribution in [0.2, 0.25) is 0 Å². The molecule has 0 bridgehead atoms. The molecule has 1 heterocycles. The van der Waals surface area contributed by atoms with E-state index in [1.165, 1.54) is 12.1 Å². The molecule has 3 aromatic rings. The van der Waals surface area contributed by atoms with Crippen LogP contribution in [0.15, 0.2) is 51.4 Å². The molecule has 0 unspecified atom stereocenters. The zero-order valence-electron chi connectivity index (χ0n) is 10.8. The van der Waals surface area contributed by atoms with Crippen LogP contribution in [0, 0.1) is 0 Å². The van der Waals surface area contributed by atoms with Crippen LogP contribution >= 0.6 is 15.9 Å². The number of nitrogens with zero attached hydrogens (tertiary/aromatic N) is 1. The van der Waals surface area contributed by atoms with Crippen LogP contribution in [0.25, 0.3) is 11.1 Å². The zero-order valence-corrected chi connectivity index (χ0v) is 12.4. The SMILES string of the molecule is O=C(O)c1ccc2nc(NCc3ccc(Br)cc3)oc2c1. The molecule has 3 rings (SSSR count). The second-order valence-electron chi connectivity index (χ2n) is 4.49. The van der Waals surface area contributed by atoms with Crippen LogP contribution < -0.4 is 5.32 Å². The van der Waals surface area contributed by atoms with Gasteiger partial charge in [-0.25, -0.2) is 4.79 Å². The number of carbonyl (C=O) groups is 1. The molecular weight excluding hydrogens is 336 g/mol. The molecule has 0 radical (unpaired) electrons. The molecular formula is C15H11BrN2O3. The number of anilines is 1. The average Bonchev–Trinajstić information content (AvgIpc) is 2.88. The number of benzene rings is 2. The van der Waals surface area contributed by atoms with Gasteiger partial charge in [-0.05, 0) is 35.9 Å². The normalized spacial score (nSPS) is 10.7. The first-order valence-electron chi connectivity index (χ1n) is 6.24. The molecule has 0 saturated heterocycles. The molecule has 0 saturated carbocycles. The van der Waals surface area contributed by atoms with Gasteiger partial charge < -0.3 is 14.8 Å². The Labute approximate surface area is 128 Å². The lowest BCUT2D eigenvalue weighted by molar-refractivity contribution is 0.0697. The van der Waals surface area contributed by atoms with Crippen molar-refractivity contribution in [2.75, 3.05) is 5.32 Å². The van der Waals surface area contributed by atoms with Gasteiger partial charge in [-0.1, -0.05) is 28.1 Å². The third kappa shape index (κ3) is 3.05. The van der Waals surface area contributed by atoms with Gasteiger partial charge in [-0.2, -0.15) is 4.98 Å². The first-order valence-corrected chi connectivity index (χ1v) is 7.03. The molecule has 0 fully saturated rings. The van der Waals surface area contributed by atoms with Crippen LogP contribution in [0.5, 0.6) is 0 Å². The Balaban J connectivity index is 1.78. The molecule has 0 aliphatic rings. The largest absolute Gasteiger partial charge is 0.478 e. The number of aromatic nitrogens is 1. The van der Waals surface area contributed by atoms with Gasteiger partial charge in [0.1, 0.15) is 5.52 Å². The Bertz CT molecular complexity index is 796. The molecule has 0 aliphatic carbocycles. The fourth-order valence-corrected chi connectivity index (χ4v) is 2.18. The Morgan fingerprint density at radius 2 is 2.00 bits per heavy atom. The molecule has 5 nitrogen and oxygen atoms in total. The van der Waals surface area contributed by atoms with Gasteiger partial charge in [-0.15, -0.1) is 0 Å². The van der Waals surface area contributed by atoms with E-state index in [9.17, 15) is 4.79 Å². The zero-order chi connectivity index (χ0) is 14.8. The van der Waals surface area contributed by atoms with E-state index in [0.717, 1.165) is 10.0 Å².